The molecule has 1 aromatic heterocycles. The van der Waals surface area contributed by atoms with Crippen LogP contribution in [-0.2, 0) is 4.74 Å². The quantitative estimate of drug-likeness (QED) is 0.164. The summed E-state index contributed by atoms with van der Waals surface area (Å²) in [4.78, 5) is 17.0. The molecule has 1 heterocycles. The molecule has 0 aliphatic rings. The molecule has 168 valence electrons. The topological polar surface area (TPSA) is 39.2 Å². The van der Waals surface area contributed by atoms with Crippen LogP contribution < -0.4 is 0 Å². The SMILES string of the molecule is COC(=O)c1nc(-c2c(Cl)c(Cl)c(Cl)c(Cl)c2Cl)ccc1-c1c(Cl)c(Cl)c(Cl)c(Cl)c1Cl. The van der Waals surface area contributed by atoms with E-state index in [1.54, 1.807) is 0 Å². The van der Waals surface area contributed by atoms with Crippen molar-refractivity contribution in [1.82, 2.24) is 4.98 Å². The van der Waals surface area contributed by atoms with Crippen molar-refractivity contribution in [1.29, 1.82) is 0 Å². The molecule has 0 aliphatic heterocycles. The van der Waals surface area contributed by atoms with Crippen molar-refractivity contribution in [2.75, 3.05) is 7.11 Å². The van der Waals surface area contributed by atoms with Crippen LogP contribution in [0.3, 0.4) is 0 Å². The zero-order valence-corrected chi connectivity index (χ0v) is 22.8. The molecule has 3 aromatic rings. The number of nitrogens with zero attached hydrogens (tertiary/aromatic N) is 1. The third-order valence-electron chi connectivity index (χ3n) is 4.22. The fourth-order valence-corrected chi connectivity index (χ4v) is 5.40. The number of methoxy groups -OCH3 is 1. The summed E-state index contributed by atoms with van der Waals surface area (Å²) >= 11 is 62.2. The summed E-state index contributed by atoms with van der Waals surface area (Å²) in [5.41, 5.74) is 0.375. The molecular weight excluding hydrogens is 629 g/mol. The van der Waals surface area contributed by atoms with Gasteiger partial charge in [-0.25, -0.2) is 9.78 Å². The molecule has 0 amide bonds. The Bertz CT molecular complexity index is 1230. The first kappa shape index (κ1) is 26.6. The molecule has 0 unspecified atom stereocenters. The Morgan fingerprint density at radius 1 is 0.625 bits per heavy atom. The zero-order chi connectivity index (χ0) is 24.1. The molecule has 0 spiro atoms. The van der Waals surface area contributed by atoms with Gasteiger partial charge in [-0.2, -0.15) is 0 Å². The van der Waals surface area contributed by atoms with Gasteiger partial charge in [0.05, 0.1) is 63.0 Å². The summed E-state index contributed by atoms with van der Waals surface area (Å²) in [6.45, 7) is 0. The smallest absolute Gasteiger partial charge is 0.357 e. The predicted octanol–water partition coefficient (Wildman–Crippen LogP) is 10.7. The summed E-state index contributed by atoms with van der Waals surface area (Å²) in [5.74, 6) is -0.824. The van der Waals surface area contributed by atoms with Crippen molar-refractivity contribution in [3.63, 3.8) is 0 Å². The van der Waals surface area contributed by atoms with Crippen molar-refractivity contribution in [3.8, 4) is 22.4 Å². The van der Waals surface area contributed by atoms with E-state index in [1.165, 1.54) is 19.2 Å². The van der Waals surface area contributed by atoms with Gasteiger partial charge in [-0.1, -0.05) is 116 Å². The minimum atomic E-state index is -0.824. The summed E-state index contributed by atoms with van der Waals surface area (Å²) in [6.07, 6.45) is 0. The molecular formula is C19H5Cl10NO2. The number of pyridine rings is 1. The molecule has 0 fully saturated rings. The van der Waals surface area contributed by atoms with Gasteiger partial charge in [-0.05, 0) is 12.1 Å². The van der Waals surface area contributed by atoms with Gasteiger partial charge < -0.3 is 4.74 Å². The van der Waals surface area contributed by atoms with Crippen LogP contribution in [0.4, 0.5) is 0 Å². The highest BCUT2D eigenvalue weighted by atomic mass is 35.5. The Morgan fingerprint density at radius 2 is 1.00 bits per heavy atom. The van der Waals surface area contributed by atoms with Gasteiger partial charge in [0.15, 0.2) is 5.69 Å². The normalized spacial score (nSPS) is 11.1. The molecule has 0 aliphatic carbocycles. The highest BCUT2D eigenvalue weighted by molar-refractivity contribution is 6.57. The summed E-state index contributed by atoms with van der Waals surface area (Å²) < 4.78 is 4.86. The molecule has 3 rings (SSSR count). The molecule has 2 aromatic carbocycles. The lowest BCUT2D eigenvalue weighted by atomic mass is 10.0. The average molecular weight is 634 g/mol. The third-order valence-corrected chi connectivity index (χ3v) is 8.77. The molecule has 0 bridgehead atoms. The predicted molar refractivity (Wildman–Crippen MR) is 137 cm³/mol. The largest absolute Gasteiger partial charge is 0.464 e. The van der Waals surface area contributed by atoms with Crippen LogP contribution in [-0.4, -0.2) is 18.1 Å². The van der Waals surface area contributed by atoms with Crippen LogP contribution in [0.2, 0.25) is 50.2 Å². The van der Waals surface area contributed by atoms with E-state index in [-0.39, 0.29) is 78.3 Å². The Balaban J connectivity index is 2.39. The Labute approximate surface area is 232 Å². The maximum absolute atomic E-state index is 12.6. The number of hydrogen-bond donors (Lipinski definition) is 0. The lowest BCUT2D eigenvalue weighted by Gasteiger charge is -2.17. The zero-order valence-electron chi connectivity index (χ0n) is 15.2. The van der Waals surface area contributed by atoms with Crippen molar-refractivity contribution in [2.24, 2.45) is 0 Å². The van der Waals surface area contributed by atoms with Gasteiger partial charge in [0, 0.05) is 16.7 Å². The first-order valence-corrected chi connectivity index (χ1v) is 11.8. The minimum Gasteiger partial charge on any atom is -0.464 e. The van der Waals surface area contributed by atoms with Gasteiger partial charge in [0.1, 0.15) is 0 Å². The standard InChI is InChI=1S/C19H5Cl10NO2/c1-32-19(31)18-4(6-8(20)12(24)16(28)13(25)9(6)21)2-3-5(30-18)7-10(22)14(26)17(29)15(27)11(7)23/h2-3H,1H3. The molecule has 0 N–H and O–H groups in total. The van der Waals surface area contributed by atoms with E-state index in [4.69, 9.17) is 121 Å². The fourth-order valence-electron chi connectivity index (χ4n) is 2.72. The number of halogens is 10. The second-order valence-electron chi connectivity index (χ2n) is 5.97. The lowest BCUT2D eigenvalue weighted by molar-refractivity contribution is 0.0595. The van der Waals surface area contributed by atoms with Crippen molar-refractivity contribution in [2.45, 2.75) is 0 Å². The molecule has 0 radical (unpaired) electrons. The highest BCUT2D eigenvalue weighted by Gasteiger charge is 2.27. The van der Waals surface area contributed by atoms with E-state index in [2.05, 4.69) is 4.98 Å². The van der Waals surface area contributed by atoms with E-state index < -0.39 is 5.97 Å². The monoisotopic (exact) mass is 629 g/mol. The summed E-state index contributed by atoms with van der Waals surface area (Å²) in [6, 6.07) is 2.96. The van der Waals surface area contributed by atoms with Crippen LogP contribution in [0, 0.1) is 0 Å². The molecule has 32 heavy (non-hydrogen) atoms. The van der Waals surface area contributed by atoms with Gasteiger partial charge in [-0.3, -0.25) is 0 Å². The number of aromatic nitrogens is 1. The van der Waals surface area contributed by atoms with E-state index in [1.807, 2.05) is 0 Å². The fraction of sp³-hybridized carbons (Fsp3) is 0.0526. The van der Waals surface area contributed by atoms with Gasteiger partial charge in [-0.15, -0.1) is 0 Å². The first-order valence-electron chi connectivity index (χ1n) is 8.06. The Kier molecular flexibility index (Phi) is 8.54. The van der Waals surface area contributed by atoms with Crippen LogP contribution in [0.5, 0.6) is 0 Å². The highest BCUT2D eigenvalue weighted by Crippen LogP contribution is 2.50. The van der Waals surface area contributed by atoms with E-state index in [0.717, 1.165) is 0 Å². The van der Waals surface area contributed by atoms with Crippen LogP contribution in [0.1, 0.15) is 10.5 Å². The number of hydrogen-bond acceptors (Lipinski definition) is 3. The van der Waals surface area contributed by atoms with Gasteiger partial charge in [0.2, 0.25) is 0 Å². The third kappa shape index (κ3) is 4.47. The average Bonchev–Trinajstić information content (AvgIpc) is 2.79. The maximum atomic E-state index is 12.6. The number of carbonyl (C=O) groups excluding carboxylic acids is 1. The lowest BCUT2D eigenvalue weighted by Crippen LogP contribution is -2.08. The Hall–Kier alpha value is -0.0400. The molecule has 13 heteroatoms. The van der Waals surface area contributed by atoms with Crippen LogP contribution in [0.25, 0.3) is 22.4 Å². The molecule has 3 nitrogen and oxygen atoms in total. The van der Waals surface area contributed by atoms with E-state index in [0.29, 0.717) is 0 Å². The van der Waals surface area contributed by atoms with Crippen molar-refractivity contribution in [3.05, 3.63) is 68.1 Å². The van der Waals surface area contributed by atoms with Crippen LogP contribution in [0.15, 0.2) is 12.1 Å². The van der Waals surface area contributed by atoms with Crippen molar-refractivity contribution < 1.29 is 9.53 Å². The number of carbonyl (C=O) groups is 1. The first-order chi connectivity index (χ1) is 14.9. The van der Waals surface area contributed by atoms with Crippen molar-refractivity contribution >= 4 is 122 Å². The second-order valence-corrected chi connectivity index (χ2v) is 9.75. The van der Waals surface area contributed by atoms with Crippen LogP contribution >= 0.6 is 116 Å². The molecule has 0 saturated carbocycles. The second kappa shape index (κ2) is 10.3. The number of benzene rings is 2. The molecule has 0 atom stereocenters. The number of rotatable bonds is 3. The number of esters is 1. The maximum Gasteiger partial charge on any atom is 0.357 e. The van der Waals surface area contributed by atoms with E-state index >= 15 is 0 Å². The summed E-state index contributed by atoms with van der Waals surface area (Å²) in [7, 11) is 1.17. The van der Waals surface area contributed by atoms with Gasteiger partial charge >= 0.3 is 5.97 Å². The van der Waals surface area contributed by atoms with E-state index in [9.17, 15) is 4.79 Å². The number of ether oxygens (including phenoxy) is 1. The van der Waals surface area contributed by atoms with Gasteiger partial charge in [0.25, 0.3) is 0 Å². The Morgan fingerprint density at radius 3 is 1.41 bits per heavy atom. The minimum absolute atomic E-state index is 0.0178. The summed E-state index contributed by atoms with van der Waals surface area (Å²) in [5, 5.41) is -0.372. The molecule has 0 saturated heterocycles.